The Balaban J connectivity index is 1.55. The van der Waals surface area contributed by atoms with Crippen molar-refractivity contribution in [3.05, 3.63) is 47.4 Å². The Labute approximate surface area is 182 Å². The number of hydrogen-bond acceptors (Lipinski definition) is 8. The molecule has 0 atom stereocenters. The van der Waals surface area contributed by atoms with Gasteiger partial charge in [-0.1, -0.05) is 0 Å². The Kier molecular flexibility index (Phi) is 5.23. The topological polar surface area (TPSA) is 97.2 Å². The Hall–Kier alpha value is -3.50. The number of benzene rings is 1. The molecule has 0 radical (unpaired) electrons. The second kappa shape index (κ2) is 8.32. The molecule has 1 saturated heterocycles. The molecular formula is C21H21N7O2S. The third-order valence-electron chi connectivity index (χ3n) is 4.93. The third kappa shape index (κ3) is 4.07. The van der Waals surface area contributed by atoms with E-state index in [9.17, 15) is 4.79 Å². The van der Waals surface area contributed by atoms with Crippen molar-refractivity contribution >= 4 is 51.5 Å². The number of carbonyl (C=O) groups excluding carboxylic acids is 1. The summed E-state index contributed by atoms with van der Waals surface area (Å²) >= 11 is 1.63. The molecule has 31 heavy (non-hydrogen) atoms. The molecule has 1 aromatic carbocycles. The molecule has 1 aliphatic rings. The molecule has 9 nitrogen and oxygen atoms in total. The van der Waals surface area contributed by atoms with Gasteiger partial charge in [0, 0.05) is 36.8 Å². The van der Waals surface area contributed by atoms with E-state index in [0.29, 0.717) is 30.5 Å². The lowest BCUT2D eigenvalue weighted by Gasteiger charge is -2.27. The highest BCUT2D eigenvalue weighted by Gasteiger charge is 2.20. The second-order valence-electron chi connectivity index (χ2n) is 7.12. The van der Waals surface area contributed by atoms with Crippen molar-refractivity contribution in [1.29, 1.82) is 0 Å². The Morgan fingerprint density at radius 2 is 1.87 bits per heavy atom. The van der Waals surface area contributed by atoms with Crippen LogP contribution in [0, 0.1) is 0 Å². The van der Waals surface area contributed by atoms with E-state index in [0.717, 1.165) is 35.8 Å². The van der Waals surface area contributed by atoms with E-state index in [1.54, 1.807) is 17.7 Å². The largest absolute Gasteiger partial charge is 0.378 e. The number of rotatable bonds is 5. The van der Waals surface area contributed by atoms with Gasteiger partial charge in [-0.25, -0.2) is 4.98 Å². The highest BCUT2D eigenvalue weighted by Crippen LogP contribution is 2.28. The molecule has 4 aromatic rings. The fraction of sp³-hybridized carbons (Fsp3) is 0.238. The number of imidazole rings is 1. The van der Waals surface area contributed by atoms with Crippen molar-refractivity contribution in [3.8, 4) is 5.69 Å². The summed E-state index contributed by atoms with van der Waals surface area (Å²) in [5.74, 6) is 1.17. The highest BCUT2D eigenvalue weighted by molar-refractivity contribution is 7.08. The molecule has 0 saturated carbocycles. The van der Waals surface area contributed by atoms with Crippen LogP contribution in [0.3, 0.4) is 0 Å². The SMILES string of the molecule is CC(=O)Nc1ccc(Nc2nc(N3CCOCC3)nc3c2ncn3-c2ccsc2)cc1. The fourth-order valence-electron chi connectivity index (χ4n) is 3.44. The predicted octanol–water partition coefficient (Wildman–Crippen LogP) is 3.42. The van der Waals surface area contributed by atoms with Crippen LogP contribution in [-0.4, -0.2) is 51.7 Å². The molecule has 0 aliphatic carbocycles. The first-order valence-corrected chi connectivity index (χ1v) is 10.9. The summed E-state index contributed by atoms with van der Waals surface area (Å²) in [4.78, 5) is 27.6. The summed E-state index contributed by atoms with van der Waals surface area (Å²) in [5.41, 5.74) is 4.03. The van der Waals surface area contributed by atoms with Gasteiger partial charge in [0.25, 0.3) is 0 Å². The van der Waals surface area contributed by atoms with E-state index >= 15 is 0 Å². The maximum absolute atomic E-state index is 11.3. The summed E-state index contributed by atoms with van der Waals surface area (Å²) in [6.45, 7) is 4.27. The normalized spacial score (nSPS) is 14.0. The lowest BCUT2D eigenvalue weighted by Crippen LogP contribution is -2.37. The van der Waals surface area contributed by atoms with E-state index < -0.39 is 0 Å². The number of fused-ring (bicyclic) bond motifs is 1. The van der Waals surface area contributed by atoms with Gasteiger partial charge in [0.15, 0.2) is 17.0 Å². The summed E-state index contributed by atoms with van der Waals surface area (Å²) in [6, 6.07) is 9.51. The smallest absolute Gasteiger partial charge is 0.229 e. The number of amides is 1. The predicted molar refractivity (Wildman–Crippen MR) is 122 cm³/mol. The molecule has 5 rings (SSSR count). The maximum atomic E-state index is 11.3. The van der Waals surface area contributed by atoms with Crippen LogP contribution < -0.4 is 15.5 Å². The molecule has 10 heteroatoms. The number of nitrogens with one attached hydrogen (secondary N) is 2. The van der Waals surface area contributed by atoms with Crippen molar-refractivity contribution in [2.45, 2.75) is 6.92 Å². The number of ether oxygens (including phenoxy) is 1. The van der Waals surface area contributed by atoms with E-state index in [1.165, 1.54) is 6.92 Å². The van der Waals surface area contributed by atoms with Crippen LogP contribution in [0.15, 0.2) is 47.4 Å². The minimum absolute atomic E-state index is 0.104. The maximum Gasteiger partial charge on any atom is 0.229 e. The summed E-state index contributed by atoms with van der Waals surface area (Å²) in [6.07, 6.45) is 1.77. The molecule has 2 N–H and O–H groups in total. The molecular weight excluding hydrogens is 414 g/mol. The minimum atomic E-state index is -0.104. The zero-order valence-electron chi connectivity index (χ0n) is 16.9. The standard InChI is InChI=1S/C21H21N7O2S/c1-14(29)23-15-2-4-16(5-3-15)24-19-18-20(28(13-22-18)17-6-11-31-12-17)26-21(25-19)27-7-9-30-10-8-27/h2-6,11-13H,7-10H2,1H3,(H,23,29)(H,24,25,26). The van der Waals surface area contributed by atoms with E-state index in [-0.39, 0.29) is 5.91 Å². The van der Waals surface area contributed by atoms with Gasteiger partial charge in [-0.3, -0.25) is 9.36 Å². The number of anilines is 4. The summed E-state index contributed by atoms with van der Waals surface area (Å²) < 4.78 is 7.46. The monoisotopic (exact) mass is 435 g/mol. The quantitative estimate of drug-likeness (QED) is 0.496. The van der Waals surface area contributed by atoms with Crippen LogP contribution in [0.25, 0.3) is 16.9 Å². The van der Waals surface area contributed by atoms with E-state index in [4.69, 9.17) is 14.7 Å². The van der Waals surface area contributed by atoms with Crippen molar-refractivity contribution < 1.29 is 9.53 Å². The van der Waals surface area contributed by atoms with Crippen LogP contribution in [0.1, 0.15) is 6.92 Å². The first kappa shape index (κ1) is 19.5. The number of aromatic nitrogens is 4. The van der Waals surface area contributed by atoms with Gasteiger partial charge in [0.2, 0.25) is 11.9 Å². The molecule has 1 aliphatic heterocycles. The van der Waals surface area contributed by atoms with Crippen LogP contribution in [0.5, 0.6) is 0 Å². The average molecular weight is 436 g/mol. The number of thiophene rings is 1. The minimum Gasteiger partial charge on any atom is -0.378 e. The Bertz CT molecular complexity index is 1200. The van der Waals surface area contributed by atoms with Gasteiger partial charge >= 0.3 is 0 Å². The molecule has 0 unspecified atom stereocenters. The van der Waals surface area contributed by atoms with Gasteiger partial charge < -0.3 is 20.3 Å². The van der Waals surface area contributed by atoms with Gasteiger partial charge in [-0.15, -0.1) is 0 Å². The van der Waals surface area contributed by atoms with Crippen LogP contribution in [0.2, 0.25) is 0 Å². The van der Waals surface area contributed by atoms with E-state index in [1.807, 2.05) is 40.3 Å². The van der Waals surface area contributed by atoms with E-state index in [2.05, 4.69) is 25.9 Å². The van der Waals surface area contributed by atoms with Gasteiger partial charge in [0.1, 0.15) is 6.33 Å². The highest BCUT2D eigenvalue weighted by atomic mass is 32.1. The first-order chi connectivity index (χ1) is 15.2. The molecule has 4 heterocycles. The van der Waals surface area contributed by atoms with Crippen LogP contribution >= 0.6 is 11.3 Å². The molecule has 3 aromatic heterocycles. The second-order valence-corrected chi connectivity index (χ2v) is 7.90. The lowest BCUT2D eigenvalue weighted by atomic mass is 10.2. The molecule has 0 spiro atoms. The zero-order valence-corrected chi connectivity index (χ0v) is 17.7. The molecule has 0 bridgehead atoms. The summed E-state index contributed by atoms with van der Waals surface area (Å²) in [7, 11) is 0. The first-order valence-electron chi connectivity index (χ1n) is 9.92. The van der Waals surface area contributed by atoms with Crippen molar-refractivity contribution in [2.75, 3.05) is 41.8 Å². The number of hydrogen-bond donors (Lipinski definition) is 2. The zero-order chi connectivity index (χ0) is 21.2. The Morgan fingerprint density at radius 1 is 1.10 bits per heavy atom. The van der Waals surface area contributed by atoms with Crippen molar-refractivity contribution in [3.63, 3.8) is 0 Å². The number of morpholine rings is 1. The van der Waals surface area contributed by atoms with Gasteiger partial charge in [-0.05, 0) is 35.7 Å². The number of nitrogens with zero attached hydrogens (tertiary/aromatic N) is 5. The molecule has 1 fully saturated rings. The third-order valence-corrected chi connectivity index (χ3v) is 5.60. The van der Waals surface area contributed by atoms with Gasteiger partial charge in [-0.2, -0.15) is 21.3 Å². The fourth-order valence-corrected chi connectivity index (χ4v) is 4.07. The lowest BCUT2D eigenvalue weighted by molar-refractivity contribution is -0.114. The van der Waals surface area contributed by atoms with Crippen LogP contribution in [-0.2, 0) is 9.53 Å². The van der Waals surface area contributed by atoms with Crippen LogP contribution in [0.4, 0.5) is 23.1 Å². The Morgan fingerprint density at radius 3 is 2.58 bits per heavy atom. The summed E-state index contributed by atoms with van der Waals surface area (Å²) in [5, 5.41) is 10.2. The van der Waals surface area contributed by atoms with Gasteiger partial charge in [0.05, 0.1) is 18.9 Å². The average Bonchev–Trinajstić information content (AvgIpc) is 3.45. The van der Waals surface area contributed by atoms with Crippen molar-refractivity contribution in [1.82, 2.24) is 19.5 Å². The molecule has 158 valence electrons. The van der Waals surface area contributed by atoms with Crippen molar-refractivity contribution in [2.24, 2.45) is 0 Å². The molecule has 1 amide bonds. The number of carbonyl (C=O) groups is 1.